The Morgan fingerprint density at radius 3 is 2.39 bits per heavy atom. The fraction of sp³-hybridized carbons (Fsp3) is 0.500. The van der Waals surface area contributed by atoms with Gasteiger partial charge in [-0.3, -0.25) is 4.79 Å². The molecule has 10 atom stereocenters. The standard InChI is InChI=1S/C36H45NO12S2/c1-17-10-21-22(16-40)24(47-2)13-25-29(21)30(42)27(17)23(41)12-20(15-39)50-51-26(11-18-6-4-3-5-7-18)28(19(14-37)8-9-38)31(43)35-33(45)32(44)34(46)36(48-25)49-35/h3-7,9-10,13,19-20,26,28,31-36,39-40,42-46H,8,11-12,14-16,37H2,1-2H3/t19-,20-,26+,28+,31-,32-,33-,34+,35+,36-/m0/s1. The molecule has 0 saturated carbocycles. The molecule has 0 aliphatic carbocycles. The molecule has 1 fully saturated rings. The Kier molecular flexibility index (Phi) is 13.3. The number of benzene rings is 3. The van der Waals surface area contributed by atoms with Crippen LogP contribution in [0.15, 0.2) is 42.5 Å². The SMILES string of the molecule is COc1cc2c3c(O)c(c(C)cc3c1CO)C(=O)C[C@@H](CO)SS[C@H](Cc1ccccc1)[C@@H]([C@H](CN)CC=O)[C@H](O)[C@H]1O[C@H](O2)[C@H](O)[C@@H](O)[C@@H]1O. The van der Waals surface area contributed by atoms with E-state index in [1.807, 2.05) is 30.3 Å². The molecule has 2 heterocycles. The normalized spacial score (nSPS) is 29.4. The van der Waals surface area contributed by atoms with Gasteiger partial charge in [-0.05, 0) is 48.4 Å². The molecule has 0 radical (unpaired) electrons. The van der Waals surface area contributed by atoms with E-state index in [9.17, 15) is 45.3 Å². The number of hydrogen-bond donors (Lipinski definition) is 8. The number of phenolic OH excluding ortho intramolecular Hbond substituents is 1. The van der Waals surface area contributed by atoms with Crippen molar-refractivity contribution in [3.8, 4) is 17.2 Å². The molecular weight excluding hydrogens is 703 g/mol. The number of methoxy groups -OCH3 is 1. The molecule has 5 rings (SSSR count). The molecule has 0 spiro atoms. The number of aliphatic hydroxyl groups is 6. The van der Waals surface area contributed by atoms with Crippen molar-refractivity contribution in [2.75, 3.05) is 20.3 Å². The molecule has 3 aromatic rings. The van der Waals surface area contributed by atoms with Crippen LogP contribution in [-0.4, -0.2) is 115 Å². The van der Waals surface area contributed by atoms with E-state index in [2.05, 4.69) is 0 Å². The van der Waals surface area contributed by atoms with Gasteiger partial charge in [-0.1, -0.05) is 51.9 Å². The number of ketones is 1. The Labute approximate surface area is 303 Å². The van der Waals surface area contributed by atoms with Crippen LogP contribution >= 0.6 is 21.6 Å². The maximum Gasteiger partial charge on any atom is 0.229 e. The average molecular weight is 748 g/mol. The van der Waals surface area contributed by atoms with E-state index in [0.29, 0.717) is 18.3 Å². The van der Waals surface area contributed by atoms with E-state index in [1.165, 1.54) is 34.8 Å². The summed E-state index contributed by atoms with van der Waals surface area (Å²) in [5.74, 6) is -2.47. The van der Waals surface area contributed by atoms with Crippen LogP contribution in [0.3, 0.4) is 0 Å². The van der Waals surface area contributed by atoms with Crippen LogP contribution in [0.1, 0.15) is 39.9 Å². The zero-order valence-electron chi connectivity index (χ0n) is 28.2. The van der Waals surface area contributed by atoms with Crippen molar-refractivity contribution < 1.29 is 59.5 Å². The smallest absolute Gasteiger partial charge is 0.229 e. The van der Waals surface area contributed by atoms with Crippen molar-refractivity contribution in [3.05, 3.63) is 64.7 Å². The van der Waals surface area contributed by atoms with Gasteiger partial charge < -0.3 is 60.5 Å². The summed E-state index contributed by atoms with van der Waals surface area (Å²) in [6.45, 7) is 0.672. The van der Waals surface area contributed by atoms with E-state index in [0.717, 1.165) is 5.56 Å². The Balaban J connectivity index is 1.72. The number of carbonyl (C=O) groups is 2. The maximum absolute atomic E-state index is 13.9. The number of hydrogen-bond acceptors (Lipinski definition) is 15. The van der Waals surface area contributed by atoms with Gasteiger partial charge in [-0.25, -0.2) is 0 Å². The molecule has 51 heavy (non-hydrogen) atoms. The molecule has 4 bridgehead atoms. The van der Waals surface area contributed by atoms with Crippen LogP contribution < -0.4 is 15.2 Å². The third-order valence-corrected chi connectivity index (χ3v) is 13.1. The number of aliphatic hydroxyl groups excluding tert-OH is 6. The average Bonchev–Trinajstić information content (AvgIpc) is 3.12. The Bertz CT molecular complexity index is 1680. The third-order valence-electron chi connectivity index (χ3n) is 9.75. The minimum absolute atomic E-state index is 0.0213. The first-order valence-corrected chi connectivity index (χ1v) is 18.9. The van der Waals surface area contributed by atoms with Gasteiger partial charge in [0.05, 0.1) is 37.4 Å². The zero-order valence-corrected chi connectivity index (χ0v) is 29.8. The summed E-state index contributed by atoms with van der Waals surface area (Å²) in [7, 11) is 3.84. The first-order chi connectivity index (χ1) is 24.5. The quantitative estimate of drug-likeness (QED) is 0.115. The number of phenols is 1. The highest BCUT2D eigenvalue weighted by Gasteiger charge is 2.51. The summed E-state index contributed by atoms with van der Waals surface area (Å²) in [6.07, 6.45) is -9.64. The molecule has 13 nitrogen and oxygen atoms in total. The molecule has 0 amide bonds. The Hall–Kier alpha value is -2.96. The topological polar surface area (TPSA) is 229 Å². The molecule has 278 valence electrons. The lowest BCUT2D eigenvalue weighted by molar-refractivity contribution is -0.293. The molecule has 15 heteroatoms. The fourth-order valence-electron chi connectivity index (χ4n) is 7.09. The Morgan fingerprint density at radius 1 is 1.04 bits per heavy atom. The number of aryl methyl sites for hydroxylation is 1. The number of aldehydes is 1. The van der Waals surface area contributed by atoms with E-state index >= 15 is 0 Å². The molecule has 1 saturated heterocycles. The van der Waals surface area contributed by atoms with Gasteiger partial charge in [0, 0.05) is 40.9 Å². The summed E-state index contributed by atoms with van der Waals surface area (Å²) >= 11 is 0. The summed E-state index contributed by atoms with van der Waals surface area (Å²) in [6, 6.07) is 12.3. The molecule has 9 N–H and O–H groups in total. The lowest BCUT2D eigenvalue weighted by Crippen LogP contribution is -2.64. The number of fused-ring (bicyclic) bond motifs is 3. The number of ether oxygens (including phenoxy) is 3. The lowest BCUT2D eigenvalue weighted by Gasteiger charge is -2.46. The minimum atomic E-state index is -1.88. The van der Waals surface area contributed by atoms with Crippen LogP contribution in [0, 0.1) is 18.8 Å². The van der Waals surface area contributed by atoms with Gasteiger partial charge in [0.1, 0.15) is 48.0 Å². The number of Topliss-reactive ketones (excluding diaryl/α,β-unsaturated/α-hetero) is 1. The highest BCUT2D eigenvalue weighted by atomic mass is 33.1. The van der Waals surface area contributed by atoms with Crippen molar-refractivity contribution in [3.63, 3.8) is 0 Å². The van der Waals surface area contributed by atoms with Crippen LogP contribution in [0.25, 0.3) is 10.8 Å². The van der Waals surface area contributed by atoms with Crippen molar-refractivity contribution in [2.45, 2.75) is 80.1 Å². The first-order valence-electron chi connectivity index (χ1n) is 16.6. The minimum Gasteiger partial charge on any atom is -0.506 e. The van der Waals surface area contributed by atoms with Gasteiger partial charge in [-0.15, -0.1) is 0 Å². The summed E-state index contributed by atoms with van der Waals surface area (Å²) in [5.41, 5.74) is 7.70. The molecule has 2 aliphatic rings. The van der Waals surface area contributed by atoms with Gasteiger partial charge in [0.25, 0.3) is 0 Å². The summed E-state index contributed by atoms with van der Waals surface area (Å²) < 4.78 is 17.8. The van der Waals surface area contributed by atoms with Gasteiger partial charge in [-0.2, -0.15) is 0 Å². The maximum atomic E-state index is 13.9. The number of nitrogens with two attached hydrogens (primary N) is 1. The number of aromatic hydroxyl groups is 1. The first kappa shape index (κ1) is 39.3. The molecule has 3 aromatic carbocycles. The third kappa shape index (κ3) is 8.03. The lowest BCUT2D eigenvalue weighted by atomic mass is 9.77. The van der Waals surface area contributed by atoms with Crippen LogP contribution in [0.4, 0.5) is 0 Å². The van der Waals surface area contributed by atoms with Gasteiger partial charge >= 0.3 is 0 Å². The van der Waals surface area contributed by atoms with Crippen molar-refractivity contribution in [1.29, 1.82) is 0 Å². The summed E-state index contributed by atoms with van der Waals surface area (Å²) in [5, 5.41) is 77.2. The fourth-order valence-corrected chi connectivity index (χ4v) is 10.3. The second-order valence-electron chi connectivity index (χ2n) is 12.9. The van der Waals surface area contributed by atoms with Crippen molar-refractivity contribution in [2.24, 2.45) is 17.6 Å². The van der Waals surface area contributed by atoms with Gasteiger partial charge in [0.15, 0.2) is 5.78 Å². The van der Waals surface area contributed by atoms with Crippen LogP contribution in [-0.2, 0) is 22.6 Å². The number of rotatable bonds is 9. The van der Waals surface area contributed by atoms with Gasteiger partial charge in [0.2, 0.25) is 6.29 Å². The van der Waals surface area contributed by atoms with E-state index in [1.54, 1.807) is 13.0 Å². The molecular formula is C36H45NO12S2. The van der Waals surface area contributed by atoms with Crippen LogP contribution in [0.2, 0.25) is 0 Å². The second kappa shape index (κ2) is 17.2. The molecule has 2 aliphatic heterocycles. The highest BCUT2D eigenvalue weighted by Crippen LogP contribution is 2.47. The largest absolute Gasteiger partial charge is 0.506 e. The molecule has 0 aromatic heterocycles. The zero-order chi connectivity index (χ0) is 37.0. The summed E-state index contributed by atoms with van der Waals surface area (Å²) in [4.78, 5) is 25.9. The van der Waals surface area contributed by atoms with Crippen molar-refractivity contribution >= 4 is 44.4 Å². The highest BCUT2D eigenvalue weighted by molar-refractivity contribution is 8.77. The van der Waals surface area contributed by atoms with Crippen molar-refractivity contribution in [1.82, 2.24) is 0 Å². The Morgan fingerprint density at radius 2 is 1.76 bits per heavy atom. The van der Waals surface area contributed by atoms with E-state index < -0.39 is 83.9 Å². The molecule has 0 unspecified atom stereocenters. The predicted molar refractivity (Wildman–Crippen MR) is 192 cm³/mol. The second-order valence-corrected chi connectivity index (χ2v) is 15.7. The van der Waals surface area contributed by atoms with Crippen LogP contribution in [0.5, 0.6) is 17.2 Å². The van der Waals surface area contributed by atoms with E-state index in [4.69, 9.17) is 19.9 Å². The van der Waals surface area contributed by atoms with E-state index in [-0.39, 0.29) is 52.8 Å². The monoisotopic (exact) mass is 747 g/mol. The predicted octanol–water partition coefficient (Wildman–Crippen LogP) is 1.62. The number of carbonyl (C=O) groups excluding carboxylic acids is 2.